The van der Waals surface area contributed by atoms with Crippen LogP contribution in [0.1, 0.15) is 43.9 Å². The molecule has 0 radical (unpaired) electrons. The number of hydrogen-bond donors (Lipinski definition) is 1. The first-order chi connectivity index (χ1) is 14.6. The highest BCUT2D eigenvalue weighted by Crippen LogP contribution is 2.33. The lowest BCUT2D eigenvalue weighted by Crippen LogP contribution is -2.31. The largest absolute Gasteiger partial charge is 0.376 e. The molecule has 2 aliphatic heterocycles. The van der Waals surface area contributed by atoms with Crippen molar-refractivity contribution in [3.8, 4) is 0 Å². The molecule has 3 aromatic carbocycles. The standard InChI is InChI=1S/C24H20N2O4/c27-22(25-14-17-7-4-12-30-17)16-10-11-19-20(13-16)24(29)26(23(19)28)21-9-3-6-15-5-1-2-8-18(15)21/h1-3,5-6,8-11,13,17H,4,7,12,14H2,(H,25,27)/t17-/m0/s1. The minimum Gasteiger partial charge on any atom is -0.376 e. The van der Waals surface area contributed by atoms with E-state index in [1.165, 1.54) is 11.0 Å². The van der Waals surface area contributed by atoms with E-state index in [0.29, 0.717) is 23.4 Å². The summed E-state index contributed by atoms with van der Waals surface area (Å²) in [6.07, 6.45) is 1.96. The Morgan fingerprint density at radius 1 is 1.00 bits per heavy atom. The fourth-order valence-corrected chi connectivity index (χ4v) is 4.12. The minimum absolute atomic E-state index is 0.0356. The fraction of sp³-hybridized carbons (Fsp3) is 0.208. The molecule has 1 fully saturated rings. The molecule has 30 heavy (non-hydrogen) atoms. The number of imide groups is 1. The second kappa shape index (κ2) is 7.39. The number of hydrogen-bond acceptors (Lipinski definition) is 4. The van der Waals surface area contributed by atoms with Crippen molar-refractivity contribution in [1.82, 2.24) is 5.32 Å². The molecule has 6 heteroatoms. The van der Waals surface area contributed by atoms with Gasteiger partial charge < -0.3 is 10.1 Å². The van der Waals surface area contributed by atoms with Crippen LogP contribution in [0.2, 0.25) is 0 Å². The molecule has 3 aromatic rings. The van der Waals surface area contributed by atoms with Gasteiger partial charge in [0.15, 0.2) is 0 Å². The van der Waals surface area contributed by atoms with Gasteiger partial charge in [-0.1, -0.05) is 36.4 Å². The summed E-state index contributed by atoms with van der Waals surface area (Å²) in [6.45, 7) is 1.16. The maximum Gasteiger partial charge on any atom is 0.266 e. The summed E-state index contributed by atoms with van der Waals surface area (Å²) in [5.41, 5.74) is 1.46. The molecule has 0 aliphatic carbocycles. The van der Waals surface area contributed by atoms with Crippen LogP contribution < -0.4 is 10.2 Å². The number of rotatable bonds is 4. The van der Waals surface area contributed by atoms with Crippen molar-refractivity contribution in [2.24, 2.45) is 0 Å². The fourth-order valence-electron chi connectivity index (χ4n) is 4.12. The van der Waals surface area contributed by atoms with E-state index in [2.05, 4.69) is 5.32 Å². The number of ether oxygens (including phenoxy) is 1. The van der Waals surface area contributed by atoms with Crippen molar-refractivity contribution in [3.63, 3.8) is 0 Å². The van der Waals surface area contributed by atoms with Crippen LogP contribution in [-0.2, 0) is 4.74 Å². The first-order valence-electron chi connectivity index (χ1n) is 10.0. The summed E-state index contributed by atoms with van der Waals surface area (Å²) in [6, 6.07) is 17.8. The molecule has 0 saturated carbocycles. The highest BCUT2D eigenvalue weighted by molar-refractivity contribution is 6.36. The maximum atomic E-state index is 13.1. The Bertz CT molecular complexity index is 1180. The monoisotopic (exact) mass is 400 g/mol. The molecule has 0 unspecified atom stereocenters. The van der Waals surface area contributed by atoms with Gasteiger partial charge in [-0.2, -0.15) is 0 Å². The first kappa shape index (κ1) is 18.5. The third-order valence-electron chi connectivity index (χ3n) is 5.67. The summed E-state index contributed by atoms with van der Waals surface area (Å²) in [5.74, 6) is -1.07. The molecule has 0 spiro atoms. The van der Waals surface area contributed by atoms with Crippen molar-refractivity contribution in [1.29, 1.82) is 0 Å². The van der Waals surface area contributed by atoms with Crippen molar-refractivity contribution in [2.75, 3.05) is 18.1 Å². The van der Waals surface area contributed by atoms with E-state index < -0.39 is 5.91 Å². The summed E-state index contributed by atoms with van der Waals surface area (Å²) in [4.78, 5) is 39.9. The van der Waals surface area contributed by atoms with Gasteiger partial charge in [0.25, 0.3) is 17.7 Å². The average molecular weight is 400 g/mol. The molecule has 2 heterocycles. The van der Waals surface area contributed by atoms with Crippen LogP contribution in [0.15, 0.2) is 60.7 Å². The molecular weight excluding hydrogens is 380 g/mol. The van der Waals surface area contributed by atoms with E-state index in [1.54, 1.807) is 18.2 Å². The average Bonchev–Trinajstić information content (AvgIpc) is 3.38. The number of fused-ring (bicyclic) bond motifs is 2. The molecule has 0 bridgehead atoms. The van der Waals surface area contributed by atoms with Gasteiger partial charge in [-0.3, -0.25) is 14.4 Å². The Morgan fingerprint density at radius 3 is 2.63 bits per heavy atom. The molecule has 150 valence electrons. The lowest BCUT2D eigenvalue weighted by molar-refractivity contribution is 0.0857. The van der Waals surface area contributed by atoms with Crippen LogP contribution in [0.3, 0.4) is 0 Å². The number of benzene rings is 3. The van der Waals surface area contributed by atoms with E-state index in [4.69, 9.17) is 4.74 Å². The Hall–Kier alpha value is -3.51. The SMILES string of the molecule is O=C(NC[C@@H]1CCCO1)c1ccc2c(c1)C(=O)N(c1cccc3ccccc13)C2=O. The van der Waals surface area contributed by atoms with Crippen LogP contribution in [0, 0.1) is 0 Å². The zero-order valence-corrected chi connectivity index (χ0v) is 16.3. The van der Waals surface area contributed by atoms with E-state index in [-0.39, 0.29) is 23.5 Å². The molecule has 1 saturated heterocycles. The molecule has 2 aliphatic rings. The number of carbonyl (C=O) groups excluding carboxylic acids is 3. The molecule has 3 amide bonds. The molecular formula is C24H20N2O4. The molecule has 1 atom stereocenters. The molecule has 1 N–H and O–H groups in total. The van der Waals surface area contributed by atoms with Gasteiger partial charge in [0.2, 0.25) is 0 Å². The van der Waals surface area contributed by atoms with Gasteiger partial charge in [-0.25, -0.2) is 4.90 Å². The topological polar surface area (TPSA) is 75.7 Å². The zero-order valence-electron chi connectivity index (χ0n) is 16.3. The second-order valence-electron chi connectivity index (χ2n) is 7.55. The van der Waals surface area contributed by atoms with Crippen molar-refractivity contribution < 1.29 is 19.1 Å². The number of nitrogens with one attached hydrogen (secondary N) is 1. The van der Waals surface area contributed by atoms with Crippen molar-refractivity contribution >= 4 is 34.2 Å². The highest BCUT2D eigenvalue weighted by atomic mass is 16.5. The van der Waals surface area contributed by atoms with E-state index in [9.17, 15) is 14.4 Å². The van der Waals surface area contributed by atoms with Gasteiger partial charge >= 0.3 is 0 Å². The van der Waals surface area contributed by atoms with E-state index >= 15 is 0 Å². The lowest BCUT2D eigenvalue weighted by atomic mass is 10.1. The Kier molecular flexibility index (Phi) is 4.56. The third kappa shape index (κ3) is 3.06. The van der Waals surface area contributed by atoms with E-state index in [0.717, 1.165) is 30.2 Å². The van der Waals surface area contributed by atoms with Crippen molar-refractivity contribution in [2.45, 2.75) is 18.9 Å². The Balaban J connectivity index is 1.44. The zero-order chi connectivity index (χ0) is 20.7. The van der Waals surface area contributed by atoms with E-state index in [1.807, 2.05) is 36.4 Å². The normalized spacial score (nSPS) is 18.1. The number of anilines is 1. The Labute approximate surface area is 173 Å². The lowest BCUT2D eigenvalue weighted by Gasteiger charge is -2.16. The smallest absolute Gasteiger partial charge is 0.266 e. The quantitative estimate of drug-likeness (QED) is 0.680. The van der Waals surface area contributed by atoms with Crippen LogP contribution in [-0.4, -0.2) is 37.0 Å². The second-order valence-corrected chi connectivity index (χ2v) is 7.55. The summed E-state index contributed by atoms with van der Waals surface area (Å²) < 4.78 is 5.52. The number of nitrogens with zero attached hydrogens (tertiary/aromatic N) is 1. The Morgan fingerprint density at radius 2 is 1.80 bits per heavy atom. The third-order valence-corrected chi connectivity index (χ3v) is 5.67. The number of amides is 3. The molecule has 5 rings (SSSR count). The van der Waals surface area contributed by atoms with Crippen LogP contribution >= 0.6 is 0 Å². The summed E-state index contributed by atoms with van der Waals surface area (Å²) >= 11 is 0. The molecule has 6 nitrogen and oxygen atoms in total. The van der Waals surface area contributed by atoms with Gasteiger partial charge in [0.05, 0.1) is 22.9 Å². The van der Waals surface area contributed by atoms with Gasteiger partial charge in [0, 0.05) is 24.1 Å². The predicted octanol–water partition coefficient (Wildman–Crippen LogP) is 3.55. The minimum atomic E-state index is -0.417. The predicted molar refractivity (Wildman–Crippen MR) is 113 cm³/mol. The van der Waals surface area contributed by atoms with Crippen molar-refractivity contribution in [3.05, 3.63) is 77.4 Å². The number of carbonyl (C=O) groups is 3. The van der Waals surface area contributed by atoms with Crippen LogP contribution in [0.5, 0.6) is 0 Å². The first-order valence-corrected chi connectivity index (χ1v) is 10.0. The van der Waals surface area contributed by atoms with Crippen LogP contribution in [0.4, 0.5) is 5.69 Å². The van der Waals surface area contributed by atoms with Gasteiger partial charge in [-0.15, -0.1) is 0 Å². The van der Waals surface area contributed by atoms with Gasteiger partial charge in [0.1, 0.15) is 0 Å². The summed E-state index contributed by atoms with van der Waals surface area (Å²) in [7, 11) is 0. The maximum absolute atomic E-state index is 13.1. The molecule has 0 aromatic heterocycles. The summed E-state index contributed by atoms with van der Waals surface area (Å²) in [5, 5.41) is 4.62. The van der Waals surface area contributed by atoms with Gasteiger partial charge in [-0.05, 0) is 42.5 Å². The highest BCUT2D eigenvalue weighted by Gasteiger charge is 2.37. The van der Waals surface area contributed by atoms with Crippen LogP contribution in [0.25, 0.3) is 10.8 Å².